The second kappa shape index (κ2) is 4.36. The van der Waals surface area contributed by atoms with E-state index in [0.717, 1.165) is 0 Å². The number of aryl methyl sites for hydroxylation is 1. The van der Waals surface area contributed by atoms with Gasteiger partial charge in [0.2, 0.25) is 0 Å². The Morgan fingerprint density at radius 1 is 1.53 bits per heavy atom. The van der Waals surface area contributed by atoms with E-state index in [4.69, 9.17) is 5.11 Å². The van der Waals surface area contributed by atoms with Crippen LogP contribution in [0.5, 0.6) is 0 Å². The molecule has 0 aromatic carbocycles. The average molecular weight is 240 g/mol. The van der Waals surface area contributed by atoms with E-state index in [1.54, 1.807) is 7.05 Å². The number of urea groups is 1. The number of hydrogen-bond acceptors (Lipinski definition) is 5. The lowest BCUT2D eigenvalue weighted by Gasteiger charge is -2.14. The number of carbonyl (C=O) groups is 2. The number of aliphatic carboxylic acids is 1. The average Bonchev–Trinajstić information content (AvgIpc) is 2.86. The van der Waals surface area contributed by atoms with Gasteiger partial charge in [0, 0.05) is 13.1 Å². The van der Waals surface area contributed by atoms with Gasteiger partial charge in [0.05, 0.1) is 13.0 Å². The van der Waals surface area contributed by atoms with Gasteiger partial charge in [-0.1, -0.05) is 5.10 Å². The molecule has 0 spiro atoms. The molecular weight excluding hydrogens is 228 g/mol. The molecule has 2 amide bonds. The van der Waals surface area contributed by atoms with Crippen molar-refractivity contribution in [3.8, 4) is 0 Å². The molecule has 0 radical (unpaired) electrons. The molecule has 9 heteroatoms. The second-order valence-electron chi connectivity index (χ2n) is 3.80. The normalized spacial score (nSPS) is 19.4. The van der Waals surface area contributed by atoms with E-state index in [1.165, 1.54) is 9.70 Å². The summed E-state index contributed by atoms with van der Waals surface area (Å²) < 4.78 is 0. The van der Waals surface area contributed by atoms with Gasteiger partial charge in [0.15, 0.2) is 0 Å². The minimum absolute atomic E-state index is 0.108. The predicted octanol–water partition coefficient (Wildman–Crippen LogP) is -0.851. The highest BCUT2D eigenvalue weighted by Gasteiger charge is 2.31. The highest BCUT2D eigenvalue weighted by molar-refractivity contribution is 5.88. The van der Waals surface area contributed by atoms with Crippen molar-refractivity contribution in [3.63, 3.8) is 0 Å². The molecule has 2 rings (SSSR count). The van der Waals surface area contributed by atoms with Crippen molar-refractivity contribution in [1.29, 1.82) is 0 Å². The van der Waals surface area contributed by atoms with Crippen molar-refractivity contribution < 1.29 is 14.7 Å². The second-order valence-corrected chi connectivity index (χ2v) is 3.80. The number of amides is 2. The van der Waals surface area contributed by atoms with Crippen LogP contribution in [0.2, 0.25) is 0 Å². The molecule has 92 valence electrons. The van der Waals surface area contributed by atoms with Crippen LogP contribution in [0.4, 0.5) is 10.7 Å². The lowest BCUT2D eigenvalue weighted by molar-refractivity contribution is -0.141. The number of carboxylic acid groups (broad SMARTS) is 1. The molecule has 1 saturated heterocycles. The van der Waals surface area contributed by atoms with Crippen LogP contribution >= 0.6 is 0 Å². The number of likely N-dealkylation sites (tertiary alicyclic amines) is 1. The maximum Gasteiger partial charge on any atom is 0.324 e. The molecule has 0 bridgehead atoms. The first-order valence-electron chi connectivity index (χ1n) is 5.09. The van der Waals surface area contributed by atoms with E-state index < -0.39 is 17.9 Å². The number of aromatic nitrogens is 4. The van der Waals surface area contributed by atoms with Crippen molar-refractivity contribution in [2.75, 3.05) is 18.4 Å². The Hall–Kier alpha value is -2.19. The molecule has 1 aliphatic rings. The number of tetrazole rings is 1. The van der Waals surface area contributed by atoms with Crippen molar-refractivity contribution in [2.45, 2.75) is 6.42 Å². The van der Waals surface area contributed by atoms with Gasteiger partial charge in [-0.2, -0.15) is 4.80 Å². The number of nitrogens with one attached hydrogen (secondary N) is 1. The van der Waals surface area contributed by atoms with Gasteiger partial charge in [-0.15, -0.1) is 5.10 Å². The first-order chi connectivity index (χ1) is 8.06. The zero-order chi connectivity index (χ0) is 12.4. The number of anilines is 1. The molecule has 17 heavy (non-hydrogen) atoms. The van der Waals surface area contributed by atoms with Gasteiger partial charge in [0.1, 0.15) is 0 Å². The monoisotopic (exact) mass is 240 g/mol. The molecule has 1 fully saturated rings. The van der Waals surface area contributed by atoms with Crippen LogP contribution in [0.25, 0.3) is 0 Å². The smallest absolute Gasteiger partial charge is 0.324 e. The molecular formula is C8H12N6O3. The first kappa shape index (κ1) is 11.3. The van der Waals surface area contributed by atoms with Crippen LogP contribution in [0.3, 0.4) is 0 Å². The van der Waals surface area contributed by atoms with Crippen molar-refractivity contribution in [1.82, 2.24) is 25.1 Å². The van der Waals surface area contributed by atoms with E-state index >= 15 is 0 Å². The molecule has 1 unspecified atom stereocenters. The first-order valence-corrected chi connectivity index (χ1v) is 5.09. The van der Waals surface area contributed by atoms with E-state index in [-0.39, 0.29) is 12.5 Å². The van der Waals surface area contributed by atoms with Crippen molar-refractivity contribution >= 4 is 17.9 Å². The number of carbonyl (C=O) groups excluding carboxylic acids is 1. The minimum Gasteiger partial charge on any atom is -0.481 e. The predicted molar refractivity (Wildman–Crippen MR) is 55.1 cm³/mol. The topological polar surface area (TPSA) is 113 Å². The lowest BCUT2D eigenvalue weighted by Crippen LogP contribution is -2.34. The van der Waals surface area contributed by atoms with Gasteiger partial charge >= 0.3 is 12.0 Å². The minimum atomic E-state index is -0.877. The summed E-state index contributed by atoms with van der Waals surface area (Å²) in [7, 11) is 1.58. The number of hydrogen-bond donors (Lipinski definition) is 2. The Balaban J connectivity index is 1.91. The summed E-state index contributed by atoms with van der Waals surface area (Å²) in [6, 6.07) is -0.401. The van der Waals surface area contributed by atoms with Crippen LogP contribution in [-0.2, 0) is 11.8 Å². The zero-order valence-corrected chi connectivity index (χ0v) is 9.20. The summed E-state index contributed by atoms with van der Waals surface area (Å²) >= 11 is 0. The quantitative estimate of drug-likeness (QED) is 0.696. The molecule has 0 aliphatic carbocycles. The maximum atomic E-state index is 11.7. The molecule has 1 aromatic heterocycles. The molecule has 2 N–H and O–H groups in total. The Bertz CT molecular complexity index is 444. The van der Waals surface area contributed by atoms with Gasteiger partial charge in [0.25, 0.3) is 5.95 Å². The third kappa shape index (κ3) is 2.49. The summed E-state index contributed by atoms with van der Waals surface area (Å²) in [5.74, 6) is -1.26. The summed E-state index contributed by atoms with van der Waals surface area (Å²) in [6.07, 6.45) is 0.469. The van der Waals surface area contributed by atoms with Gasteiger partial charge in [-0.25, -0.2) is 4.79 Å². The Kier molecular flexibility index (Phi) is 2.90. The molecule has 2 heterocycles. The number of carboxylic acids is 1. The molecule has 0 saturated carbocycles. The Morgan fingerprint density at radius 2 is 2.29 bits per heavy atom. The van der Waals surface area contributed by atoms with Crippen LogP contribution in [0.15, 0.2) is 0 Å². The van der Waals surface area contributed by atoms with Gasteiger partial charge in [-0.05, 0) is 11.6 Å². The Morgan fingerprint density at radius 3 is 2.82 bits per heavy atom. The van der Waals surface area contributed by atoms with E-state index in [2.05, 4.69) is 20.7 Å². The third-order valence-electron chi connectivity index (χ3n) is 2.55. The van der Waals surface area contributed by atoms with Crippen molar-refractivity contribution in [3.05, 3.63) is 0 Å². The van der Waals surface area contributed by atoms with Crippen LogP contribution in [-0.4, -0.2) is 55.3 Å². The SMILES string of the molecule is Cn1nnc(NC(=O)N2CCC(C(=O)O)C2)n1. The third-order valence-corrected chi connectivity index (χ3v) is 2.55. The number of rotatable bonds is 2. The molecule has 9 nitrogen and oxygen atoms in total. The summed E-state index contributed by atoms with van der Waals surface area (Å²) in [6.45, 7) is 0.629. The standard InChI is InChI=1S/C8H12N6O3/c1-13-11-7(10-12-13)9-8(17)14-3-2-5(4-14)6(15)16/h5H,2-4H2,1H3,(H,15,16)(H,9,11,17). The summed E-state index contributed by atoms with van der Waals surface area (Å²) in [5, 5.41) is 22.2. The van der Waals surface area contributed by atoms with E-state index in [1.807, 2.05) is 0 Å². The van der Waals surface area contributed by atoms with E-state index in [9.17, 15) is 9.59 Å². The van der Waals surface area contributed by atoms with Crippen LogP contribution < -0.4 is 5.32 Å². The summed E-state index contributed by atoms with van der Waals surface area (Å²) in [4.78, 5) is 25.1. The lowest BCUT2D eigenvalue weighted by atomic mass is 10.1. The van der Waals surface area contributed by atoms with Gasteiger partial charge in [-0.3, -0.25) is 10.1 Å². The maximum absolute atomic E-state index is 11.7. The zero-order valence-electron chi connectivity index (χ0n) is 9.20. The van der Waals surface area contributed by atoms with Gasteiger partial charge < -0.3 is 10.0 Å². The van der Waals surface area contributed by atoms with Crippen LogP contribution in [0, 0.1) is 5.92 Å². The highest BCUT2D eigenvalue weighted by atomic mass is 16.4. The number of nitrogens with zero attached hydrogens (tertiary/aromatic N) is 5. The fourth-order valence-electron chi connectivity index (χ4n) is 1.66. The fourth-order valence-corrected chi connectivity index (χ4v) is 1.66. The summed E-state index contributed by atoms with van der Waals surface area (Å²) in [5.41, 5.74) is 0. The molecule has 1 aromatic rings. The van der Waals surface area contributed by atoms with Crippen LogP contribution in [0.1, 0.15) is 6.42 Å². The fraction of sp³-hybridized carbons (Fsp3) is 0.625. The Labute approximate surface area is 96.4 Å². The molecule has 1 atom stereocenters. The van der Waals surface area contributed by atoms with E-state index in [0.29, 0.717) is 13.0 Å². The highest BCUT2D eigenvalue weighted by Crippen LogP contribution is 2.16. The molecule has 1 aliphatic heterocycles. The van der Waals surface area contributed by atoms with Crippen molar-refractivity contribution in [2.24, 2.45) is 13.0 Å². The largest absolute Gasteiger partial charge is 0.481 e.